The standard InChI is InChI=1S/C22H23ClN6OS/c1-14(2)22(4,13-24)26-19(30)12-31-21-28-27-20(16-8-10-25-11-9-16)29(21)18-7-5-6-17(23)15(18)3/h5-11,14H,12H2,1-4H3,(H,26,30)/t22-/m0/s1. The predicted octanol–water partition coefficient (Wildman–Crippen LogP) is 4.44. The first-order chi connectivity index (χ1) is 14.8. The molecule has 1 aromatic carbocycles. The molecule has 160 valence electrons. The van der Waals surface area contributed by atoms with E-state index >= 15 is 0 Å². The van der Waals surface area contributed by atoms with Gasteiger partial charge in [0.05, 0.1) is 17.5 Å². The molecule has 1 amide bonds. The van der Waals surface area contributed by atoms with Gasteiger partial charge in [0.1, 0.15) is 5.54 Å². The summed E-state index contributed by atoms with van der Waals surface area (Å²) in [5, 5.41) is 22.2. The van der Waals surface area contributed by atoms with Gasteiger partial charge in [0.15, 0.2) is 11.0 Å². The highest BCUT2D eigenvalue weighted by Crippen LogP contribution is 2.31. The summed E-state index contributed by atoms with van der Waals surface area (Å²) in [4.78, 5) is 16.6. The minimum Gasteiger partial charge on any atom is -0.337 e. The van der Waals surface area contributed by atoms with E-state index in [1.807, 2.05) is 55.7 Å². The van der Waals surface area contributed by atoms with Gasteiger partial charge in [-0.3, -0.25) is 14.3 Å². The minimum atomic E-state index is -0.933. The Bertz CT molecular complexity index is 1120. The van der Waals surface area contributed by atoms with Crippen molar-refractivity contribution < 1.29 is 4.79 Å². The van der Waals surface area contributed by atoms with Gasteiger partial charge in [0, 0.05) is 23.0 Å². The van der Waals surface area contributed by atoms with E-state index < -0.39 is 5.54 Å². The van der Waals surface area contributed by atoms with Crippen LogP contribution in [0.1, 0.15) is 26.3 Å². The number of nitrogens with one attached hydrogen (secondary N) is 1. The Morgan fingerprint density at radius 1 is 1.29 bits per heavy atom. The van der Waals surface area contributed by atoms with E-state index in [0.29, 0.717) is 16.0 Å². The normalized spacial score (nSPS) is 12.9. The number of carbonyl (C=O) groups is 1. The molecular formula is C22H23ClN6OS. The lowest BCUT2D eigenvalue weighted by Crippen LogP contribution is -2.49. The smallest absolute Gasteiger partial charge is 0.231 e. The first-order valence-corrected chi connectivity index (χ1v) is 11.1. The molecule has 0 fully saturated rings. The van der Waals surface area contributed by atoms with Crippen LogP contribution in [0, 0.1) is 24.2 Å². The Hall–Kier alpha value is -2.89. The summed E-state index contributed by atoms with van der Waals surface area (Å²) in [5.41, 5.74) is 1.62. The maximum absolute atomic E-state index is 12.6. The topological polar surface area (TPSA) is 96.5 Å². The van der Waals surface area contributed by atoms with Gasteiger partial charge in [-0.1, -0.05) is 43.3 Å². The third-order valence-electron chi connectivity index (χ3n) is 5.17. The molecule has 0 radical (unpaired) electrons. The number of benzene rings is 1. The van der Waals surface area contributed by atoms with E-state index in [-0.39, 0.29) is 17.6 Å². The van der Waals surface area contributed by atoms with Crippen LogP contribution < -0.4 is 5.32 Å². The molecule has 1 N–H and O–H groups in total. The van der Waals surface area contributed by atoms with E-state index in [1.54, 1.807) is 19.3 Å². The molecule has 0 bridgehead atoms. The Morgan fingerprint density at radius 2 is 2.00 bits per heavy atom. The van der Waals surface area contributed by atoms with Gasteiger partial charge in [-0.25, -0.2) is 0 Å². The van der Waals surface area contributed by atoms with Crippen molar-refractivity contribution in [3.05, 3.63) is 53.3 Å². The summed E-state index contributed by atoms with van der Waals surface area (Å²) < 4.78 is 1.89. The molecule has 0 saturated heterocycles. The summed E-state index contributed by atoms with van der Waals surface area (Å²) in [5.74, 6) is 0.450. The van der Waals surface area contributed by atoms with Crippen LogP contribution in [0.4, 0.5) is 0 Å². The first kappa shape index (κ1) is 22.8. The number of hydrogen-bond donors (Lipinski definition) is 1. The van der Waals surface area contributed by atoms with Gasteiger partial charge in [0.25, 0.3) is 0 Å². The predicted molar refractivity (Wildman–Crippen MR) is 122 cm³/mol. The van der Waals surface area contributed by atoms with Crippen LogP contribution in [0.15, 0.2) is 47.9 Å². The lowest BCUT2D eigenvalue weighted by Gasteiger charge is -2.27. The fraction of sp³-hybridized carbons (Fsp3) is 0.318. The quantitative estimate of drug-likeness (QED) is 0.530. The molecule has 2 heterocycles. The van der Waals surface area contributed by atoms with E-state index in [1.165, 1.54) is 11.8 Å². The number of aromatic nitrogens is 4. The number of pyridine rings is 1. The molecule has 1 atom stereocenters. The summed E-state index contributed by atoms with van der Waals surface area (Å²) in [7, 11) is 0. The van der Waals surface area contributed by atoms with Crippen molar-refractivity contribution in [2.24, 2.45) is 5.92 Å². The molecule has 2 aromatic heterocycles. The Balaban J connectivity index is 1.95. The van der Waals surface area contributed by atoms with Gasteiger partial charge in [-0.2, -0.15) is 5.26 Å². The van der Waals surface area contributed by atoms with Crippen molar-refractivity contribution in [2.45, 2.75) is 38.4 Å². The summed E-state index contributed by atoms with van der Waals surface area (Å²) in [6.45, 7) is 7.45. The van der Waals surface area contributed by atoms with Crippen LogP contribution in [0.25, 0.3) is 17.1 Å². The molecule has 0 spiro atoms. The van der Waals surface area contributed by atoms with Crippen molar-refractivity contribution in [3.63, 3.8) is 0 Å². The number of hydrogen-bond acceptors (Lipinski definition) is 6. The van der Waals surface area contributed by atoms with E-state index in [0.717, 1.165) is 16.8 Å². The highest BCUT2D eigenvalue weighted by molar-refractivity contribution is 7.99. The number of rotatable bonds is 7. The monoisotopic (exact) mass is 454 g/mol. The van der Waals surface area contributed by atoms with E-state index in [2.05, 4.69) is 26.6 Å². The zero-order chi connectivity index (χ0) is 22.6. The maximum atomic E-state index is 12.6. The zero-order valence-corrected chi connectivity index (χ0v) is 19.3. The van der Waals surface area contributed by atoms with Crippen LogP contribution in [-0.4, -0.2) is 36.9 Å². The second-order valence-electron chi connectivity index (χ2n) is 7.57. The highest BCUT2D eigenvalue weighted by atomic mass is 35.5. The molecule has 3 rings (SSSR count). The highest BCUT2D eigenvalue weighted by Gasteiger charge is 2.30. The van der Waals surface area contributed by atoms with Gasteiger partial charge in [-0.05, 0) is 49.6 Å². The molecule has 9 heteroatoms. The fourth-order valence-electron chi connectivity index (χ4n) is 2.86. The molecule has 31 heavy (non-hydrogen) atoms. The molecule has 0 aliphatic heterocycles. The van der Waals surface area contributed by atoms with E-state index in [9.17, 15) is 10.1 Å². The fourth-order valence-corrected chi connectivity index (χ4v) is 3.78. The van der Waals surface area contributed by atoms with Crippen molar-refractivity contribution in [3.8, 4) is 23.1 Å². The number of thioether (sulfide) groups is 1. The number of carbonyl (C=O) groups excluding carboxylic acids is 1. The Kier molecular flexibility index (Phi) is 6.98. The molecular weight excluding hydrogens is 432 g/mol. The maximum Gasteiger partial charge on any atom is 0.231 e. The van der Waals surface area contributed by atoms with Crippen LogP contribution >= 0.6 is 23.4 Å². The third kappa shape index (κ3) is 4.89. The summed E-state index contributed by atoms with van der Waals surface area (Å²) >= 11 is 7.61. The molecule has 0 saturated carbocycles. The summed E-state index contributed by atoms with van der Waals surface area (Å²) in [6, 6.07) is 11.5. The van der Waals surface area contributed by atoms with Gasteiger partial charge in [-0.15, -0.1) is 10.2 Å². The van der Waals surface area contributed by atoms with Crippen molar-refractivity contribution in [1.82, 2.24) is 25.1 Å². The Labute approximate surface area is 190 Å². The zero-order valence-electron chi connectivity index (χ0n) is 17.8. The van der Waals surface area contributed by atoms with E-state index in [4.69, 9.17) is 11.6 Å². The lowest BCUT2D eigenvalue weighted by atomic mass is 9.90. The molecule has 3 aromatic rings. The number of halogens is 1. The largest absolute Gasteiger partial charge is 0.337 e. The first-order valence-electron chi connectivity index (χ1n) is 9.73. The summed E-state index contributed by atoms with van der Waals surface area (Å²) in [6.07, 6.45) is 3.38. The molecule has 7 nitrogen and oxygen atoms in total. The van der Waals surface area contributed by atoms with Gasteiger partial charge >= 0.3 is 0 Å². The van der Waals surface area contributed by atoms with Crippen LogP contribution in [0.3, 0.4) is 0 Å². The van der Waals surface area contributed by atoms with Crippen molar-refractivity contribution in [1.29, 1.82) is 5.26 Å². The Morgan fingerprint density at radius 3 is 2.65 bits per heavy atom. The lowest BCUT2D eigenvalue weighted by molar-refractivity contribution is -0.120. The second-order valence-corrected chi connectivity index (χ2v) is 8.92. The average molecular weight is 455 g/mol. The number of nitriles is 1. The van der Waals surface area contributed by atoms with Crippen LogP contribution in [-0.2, 0) is 4.79 Å². The van der Waals surface area contributed by atoms with Gasteiger partial charge < -0.3 is 5.32 Å². The number of amides is 1. The minimum absolute atomic E-state index is 0.0255. The molecule has 0 aliphatic carbocycles. The molecule has 0 unspecified atom stereocenters. The average Bonchev–Trinajstić information content (AvgIpc) is 3.18. The molecule has 0 aliphatic rings. The van der Waals surface area contributed by atoms with Gasteiger partial charge in [0.2, 0.25) is 5.91 Å². The SMILES string of the molecule is Cc1c(Cl)cccc1-n1c(SCC(=O)N[C@@](C)(C#N)C(C)C)nnc1-c1ccncc1. The van der Waals surface area contributed by atoms with Crippen LogP contribution in [0.2, 0.25) is 5.02 Å². The second kappa shape index (κ2) is 9.50. The third-order valence-corrected chi connectivity index (χ3v) is 6.51. The number of nitrogens with zero attached hydrogens (tertiary/aromatic N) is 5. The van der Waals surface area contributed by atoms with Crippen LogP contribution in [0.5, 0.6) is 0 Å². The van der Waals surface area contributed by atoms with Crippen molar-refractivity contribution in [2.75, 3.05) is 5.75 Å². The van der Waals surface area contributed by atoms with Crippen molar-refractivity contribution >= 4 is 29.3 Å².